The van der Waals surface area contributed by atoms with Crippen molar-refractivity contribution in [1.29, 1.82) is 0 Å². The minimum Gasteiger partial charge on any atom is -0.735 e. The molecule has 0 aliphatic heterocycles. The number of rotatable bonds is 4. The maximum Gasteiger partial charge on any atom is 2.00 e. The van der Waals surface area contributed by atoms with Crippen molar-refractivity contribution in [2.75, 3.05) is 0 Å². The fourth-order valence-corrected chi connectivity index (χ4v) is 4.14. The Bertz CT molecular complexity index is 466. The first-order valence-electron chi connectivity index (χ1n) is 7.62. The Kier molecular flexibility index (Phi) is 12.5. The van der Waals surface area contributed by atoms with Crippen LogP contribution in [0.4, 0.5) is 0 Å². The largest absolute Gasteiger partial charge is 2.00 e. The molecule has 2 rings (SSSR count). The molecule has 2 aliphatic carbocycles. The van der Waals surface area contributed by atoms with Crippen LogP contribution in [0.5, 0.6) is 0 Å². The predicted molar refractivity (Wildman–Crippen MR) is 85.2 cm³/mol. The number of nitrogens with one attached hydrogen (secondary N) is 2. The molecule has 23 heavy (non-hydrogen) atoms. The van der Waals surface area contributed by atoms with Gasteiger partial charge in [-0.25, -0.2) is 26.3 Å². The molecular weight excluding hydrogens is 470 g/mol. The number of hydrogen-bond acceptors (Lipinski definition) is 6. The molecule has 132 valence electrons. The van der Waals surface area contributed by atoms with Crippen molar-refractivity contribution in [2.45, 2.75) is 76.3 Å². The third-order valence-electron chi connectivity index (χ3n) is 3.83. The van der Waals surface area contributed by atoms with E-state index in [9.17, 15) is 25.9 Å². The molecule has 0 heterocycles. The zero-order valence-corrected chi connectivity index (χ0v) is 19.3. The van der Waals surface area contributed by atoms with E-state index >= 15 is 0 Å². The van der Waals surface area contributed by atoms with Gasteiger partial charge in [0.15, 0.2) is 20.6 Å². The van der Waals surface area contributed by atoms with Gasteiger partial charge in [-0.15, -0.1) is 0 Å². The van der Waals surface area contributed by atoms with Crippen molar-refractivity contribution < 1.29 is 25.9 Å². The molecule has 0 amide bonds. The smallest absolute Gasteiger partial charge is 0.735 e. The van der Waals surface area contributed by atoms with E-state index < -0.39 is 20.6 Å². The Balaban J connectivity index is 0.000000403. The van der Waals surface area contributed by atoms with Gasteiger partial charge in [-0.3, -0.25) is 0 Å². The second-order valence-electron chi connectivity index (χ2n) is 5.81. The molecule has 0 bridgehead atoms. The molecule has 0 atom stereocenters. The van der Waals surface area contributed by atoms with Gasteiger partial charge in [-0.2, -0.15) is 0 Å². The third-order valence-corrected chi connectivity index (χ3v) is 5.08. The Hall–Kier alpha value is 1.31. The summed E-state index contributed by atoms with van der Waals surface area (Å²) in [5, 5.41) is 0. The minimum absolute atomic E-state index is 0. The Morgan fingerprint density at radius 3 is 1.09 bits per heavy atom. The quantitative estimate of drug-likeness (QED) is 0.428. The summed E-state index contributed by atoms with van der Waals surface area (Å²) in [6, 6.07) is -0.211. The summed E-state index contributed by atoms with van der Waals surface area (Å²) in [4.78, 5) is 0. The van der Waals surface area contributed by atoms with Gasteiger partial charge in [0.05, 0.1) is 0 Å². The Labute approximate surface area is 179 Å². The van der Waals surface area contributed by atoms with Gasteiger partial charge in [0.2, 0.25) is 0 Å². The molecule has 11 heteroatoms. The summed E-state index contributed by atoms with van der Waals surface area (Å²) >= 11 is 0. The van der Waals surface area contributed by atoms with Crippen LogP contribution in [-0.4, -0.2) is 86.9 Å². The summed E-state index contributed by atoms with van der Waals surface area (Å²) in [6.45, 7) is 0. The van der Waals surface area contributed by atoms with Gasteiger partial charge >= 0.3 is 48.9 Å². The van der Waals surface area contributed by atoms with Gasteiger partial charge in [-0.1, -0.05) is 38.5 Å². The maximum atomic E-state index is 10.2. The summed E-state index contributed by atoms with van der Waals surface area (Å²) in [5.74, 6) is 0. The minimum atomic E-state index is -4.22. The first-order valence-corrected chi connectivity index (χ1v) is 10.4. The van der Waals surface area contributed by atoms with Crippen LogP contribution in [0.3, 0.4) is 0 Å². The zero-order chi connectivity index (χ0) is 16.6. The molecule has 0 saturated heterocycles. The van der Waals surface area contributed by atoms with Crippen molar-refractivity contribution >= 4 is 69.5 Å². The molecule has 0 aromatic heterocycles. The Morgan fingerprint density at radius 1 is 0.609 bits per heavy atom. The van der Waals surface area contributed by atoms with E-state index in [0.29, 0.717) is 0 Å². The SMILES string of the molecule is O=S(=O)([O-])NC1CCCCC1.O=S(=O)([O-])NC1CCCCC1.[Ba+2]. The summed E-state index contributed by atoms with van der Waals surface area (Å²) in [7, 11) is -8.45. The molecule has 2 fully saturated rings. The van der Waals surface area contributed by atoms with E-state index in [0.717, 1.165) is 64.2 Å². The van der Waals surface area contributed by atoms with E-state index in [1.54, 1.807) is 0 Å². The van der Waals surface area contributed by atoms with Crippen molar-refractivity contribution in [1.82, 2.24) is 9.44 Å². The van der Waals surface area contributed by atoms with Crippen molar-refractivity contribution in [3.05, 3.63) is 0 Å². The van der Waals surface area contributed by atoms with Crippen LogP contribution >= 0.6 is 0 Å². The van der Waals surface area contributed by atoms with E-state index in [-0.39, 0.29) is 61.0 Å². The zero-order valence-electron chi connectivity index (χ0n) is 13.2. The van der Waals surface area contributed by atoms with Crippen molar-refractivity contribution in [2.24, 2.45) is 0 Å². The topological polar surface area (TPSA) is 138 Å². The molecule has 2 aliphatic rings. The van der Waals surface area contributed by atoms with E-state index in [4.69, 9.17) is 0 Å². The van der Waals surface area contributed by atoms with Crippen molar-refractivity contribution in [3.8, 4) is 0 Å². The average molecular weight is 494 g/mol. The summed E-state index contributed by atoms with van der Waals surface area (Å²) in [5.41, 5.74) is 0. The Morgan fingerprint density at radius 2 is 0.870 bits per heavy atom. The van der Waals surface area contributed by atoms with E-state index in [1.807, 2.05) is 0 Å². The van der Waals surface area contributed by atoms with Crippen LogP contribution in [0.1, 0.15) is 64.2 Å². The molecule has 8 nitrogen and oxygen atoms in total. The summed E-state index contributed by atoms with van der Waals surface area (Å²) < 4.78 is 65.5. The number of hydrogen-bond donors (Lipinski definition) is 2. The van der Waals surface area contributed by atoms with Crippen LogP contribution < -0.4 is 9.44 Å². The van der Waals surface area contributed by atoms with Crippen LogP contribution in [0.15, 0.2) is 0 Å². The fourth-order valence-electron chi connectivity index (χ4n) is 2.85. The molecule has 2 saturated carbocycles. The van der Waals surface area contributed by atoms with Gasteiger partial charge in [-0.05, 0) is 25.7 Å². The van der Waals surface area contributed by atoms with Crippen molar-refractivity contribution in [3.63, 3.8) is 0 Å². The van der Waals surface area contributed by atoms with E-state index in [2.05, 4.69) is 9.44 Å². The van der Waals surface area contributed by atoms with E-state index in [1.165, 1.54) is 0 Å². The van der Waals surface area contributed by atoms with Gasteiger partial charge in [0.25, 0.3) is 0 Å². The second kappa shape index (κ2) is 11.8. The average Bonchev–Trinajstić information content (AvgIpc) is 2.38. The molecular formula is C12H24BaN2O6S2. The molecule has 0 unspecified atom stereocenters. The second-order valence-corrected chi connectivity index (χ2v) is 8.10. The van der Waals surface area contributed by atoms with Crippen LogP contribution in [0.25, 0.3) is 0 Å². The molecule has 0 radical (unpaired) electrons. The monoisotopic (exact) mass is 494 g/mol. The molecule has 2 N–H and O–H groups in total. The predicted octanol–water partition coefficient (Wildman–Crippen LogP) is 0.357. The van der Waals surface area contributed by atoms with Crippen LogP contribution in [-0.2, 0) is 20.6 Å². The van der Waals surface area contributed by atoms with Crippen LogP contribution in [0, 0.1) is 0 Å². The summed E-state index contributed by atoms with van der Waals surface area (Å²) in [6.07, 6.45) is 9.61. The fraction of sp³-hybridized carbons (Fsp3) is 1.00. The molecule has 0 spiro atoms. The molecule has 0 aromatic rings. The van der Waals surface area contributed by atoms with Crippen LogP contribution in [0.2, 0.25) is 0 Å². The first kappa shape index (κ1) is 24.3. The third kappa shape index (κ3) is 14.2. The normalized spacial score (nSPS) is 21.0. The van der Waals surface area contributed by atoms with Gasteiger partial charge in [0, 0.05) is 12.1 Å². The van der Waals surface area contributed by atoms with Gasteiger partial charge < -0.3 is 9.11 Å². The molecule has 0 aromatic carbocycles. The standard InChI is InChI=1S/2C6H13NO3S.Ba/c2*8-11(9,10)7-6-4-2-1-3-5-6;/h2*6-7H,1-5H2,(H,8,9,10);/q;;+2/p-2. The maximum absolute atomic E-state index is 10.2. The first-order chi connectivity index (χ1) is 10.2. The van der Waals surface area contributed by atoms with Gasteiger partial charge in [0.1, 0.15) is 0 Å².